The van der Waals surface area contributed by atoms with Gasteiger partial charge < -0.3 is 23.8 Å². The maximum Gasteiger partial charge on any atom is 0.348 e. The van der Waals surface area contributed by atoms with Crippen molar-refractivity contribution in [1.82, 2.24) is 0 Å². The van der Waals surface area contributed by atoms with Crippen LogP contribution in [0, 0.1) is 10.1 Å². The number of carbonyl (C=O) groups is 1. The minimum atomic E-state index is -1.10. The molecule has 3 heterocycles. The summed E-state index contributed by atoms with van der Waals surface area (Å²) in [6, 6.07) is 4.56. The Morgan fingerprint density at radius 3 is 2.62 bits per heavy atom. The van der Waals surface area contributed by atoms with Gasteiger partial charge in [-0.05, 0) is 6.07 Å². The smallest absolute Gasteiger partial charge is 0.348 e. The van der Waals surface area contributed by atoms with E-state index in [4.69, 9.17) is 18.9 Å². The van der Waals surface area contributed by atoms with Gasteiger partial charge in [0.1, 0.15) is 0 Å². The molecule has 0 spiro atoms. The molecule has 0 amide bonds. The highest BCUT2D eigenvalue weighted by Crippen LogP contribution is 2.48. The molecule has 0 aromatic heterocycles. The van der Waals surface area contributed by atoms with Gasteiger partial charge in [0.15, 0.2) is 11.7 Å². The number of hydrogen-bond acceptors (Lipinski definition) is 8. The van der Waals surface area contributed by atoms with E-state index >= 15 is 0 Å². The first kappa shape index (κ1) is 16.6. The minimum Gasteiger partial charge on any atom is -0.451 e. The van der Waals surface area contributed by atoms with Crippen LogP contribution in [0.2, 0.25) is 0 Å². The lowest BCUT2D eigenvalue weighted by Crippen LogP contribution is -2.44. The van der Waals surface area contributed by atoms with Crippen LogP contribution in [0.5, 0.6) is 0 Å². The maximum atomic E-state index is 12.4. The summed E-state index contributed by atoms with van der Waals surface area (Å²) in [5.41, 5.74) is 1.49. The number of nitro groups is 1. The van der Waals surface area contributed by atoms with E-state index in [0.29, 0.717) is 31.9 Å². The Kier molecular flexibility index (Phi) is 3.76. The fraction of sp³-hybridized carbons (Fsp3) is 0.471. The van der Waals surface area contributed by atoms with Gasteiger partial charge in [-0.1, -0.05) is 0 Å². The van der Waals surface area contributed by atoms with Crippen molar-refractivity contribution < 1.29 is 28.7 Å². The zero-order chi connectivity index (χ0) is 18.5. The number of esters is 1. The van der Waals surface area contributed by atoms with E-state index in [1.165, 1.54) is 12.1 Å². The summed E-state index contributed by atoms with van der Waals surface area (Å²) in [6.07, 6.45) is -0.758. The summed E-state index contributed by atoms with van der Waals surface area (Å²) in [4.78, 5) is 25.1. The molecule has 0 unspecified atom stereocenters. The molecule has 9 nitrogen and oxygen atoms in total. The molecule has 3 aliphatic rings. The maximum absolute atomic E-state index is 12.4. The largest absolute Gasteiger partial charge is 0.451 e. The number of morpholine rings is 1. The molecule has 1 fully saturated rings. The highest BCUT2D eigenvalue weighted by Gasteiger charge is 2.50. The van der Waals surface area contributed by atoms with Crippen LogP contribution in [0.4, 0.5) is 11.4 Å². The second-order valence-corrected chi connectivity index (χ2v) is 6.69. The van der Waals surface area contributed by atoms with Crippen molar-refractivity contribution in [3.8, 4) is 0 Å². The molecule has 0 radical (unpaired) electrons. The standard InChI is InChI=1S/C17H18N2O7/c1-17(2)25-15(20)13-14(24-16(13)26-17)11-9-10(19(21)22)3-4-12(11)18-5-7-23-8-6-18/h3-4,9,14H,5-8H2,1-2H3/t14-/m0/s1. The summed E-state index contributed by atoms with van der Waals surface area (Å²) in [7, 11) is 0. The number of rotatable bonds is 3. The third-order valence-corrected chi connectivity index (χ3v) is 4.46. The summed E-state index contributed by atoms with van der Waals surface area (Å²) in [5.74, 6) is -1.51. The van der Waals surface area contributed by atoms with Crippen LogP contribution in [0.1, 0.15) is 25.5 Å². The van der Waals surface area contributed by atoms with E-state index in [0.717, 1.165) is 5.69 Å². The van der Waals surface area contributed by atoms with Gasteiger partial charge in [-0.2, -0.15) is 0 Å². The number of anilines is 1. The summed E-state index contributed by atoms with van der Waals surface area (Å²) < 4.78 is 21.8. The van der Waals surface area contributed by atoms with Crippen LogP contribution in [0.15, 0.2) is 29.7 Å². The van der Waals surface area contributed by atoms with Gasteiger partial charge in [-0.15, -0.1) is 0 Å². The van der Waals surface area contributed by atoms with Crippen LogP contribution in [0.25, 0.3) is 0 Å². The first-order chi connectivity index (χ1) is 12.4. The highest BCUT2D eigenvalue weighted by molar-refractivity contribution is 5.93. The molecular weight excluding hydrogens is 344 g/mol. The SMILES string of the molecule is CC1(C)OC(=O)C2=C(O[C@H]2c2cc([N+](=O)[O-])ccc2N2CCOCC2)O1. The molecule has 0 N–H and O–H groups in total. The number of nitro benzene ring substituents is 1. The Bertz CT molecular complexity index is 811. The van der Waals surface area contributed by atoms with Crippen LogP contribution < -0.4 is 4.90 Å². The van der Waals surface area contributed by atoms with Gasteiger partial charge in [0.25, 0.3) is 17.4 Å². The predicted molar refractivity (Wildman–Crippen MR) is 88.2 cm³/mol. The molecule has 9 heteroatoms. The van der Waals surface area contributed by atoms with Crippen LogP contribution in [-0.2, 0) is 23.7 Å². The summed E-state index contributed by atoms with van der Waals surface area (Å²) in [5, 5.41) is 11.2. The van der Waals surface area contributed by atoms with Gasteiger partial charge in [0.05, 0.1) is 18.1 Å². The topological polar surface area (TPSA) is 100 Å². The van der Waals surface area contributed by atoms with E-state index in [1.54, 1.807) is 19.9 Å². The number of hydrogen-bond donors (Lipinski definition) is 0. The third kappa shape index (κ3) is 2.74. The van der Waals surface area contributed by atoms with Gasteiger partial charge in [-0.25, -0.2) is 4.79 Å². The molecule has 4 rings (SSSR count). The molecule has 3 aliphatic heterocycles. The first-order valence-corrected chi connectivity index (χ1v) is 8.30. The van der Waals surface area contributed by atoms with Crippen molar-refractivity contribution in [3.63, 3.8) is 0 Å². The second kappa shape index (κ2) is 5.87. The van der Waals surface area contributed by atoms with Crippen LogP contribution in [-0.4, -0.2) is 43.0 Å². The summed E-state index contributed by atoms with van der Waals surface area (Å²) >= 11 is 0. The fourth-order valence-electron chi connectivity index (χ4n) is 3.25. The molecule has 0 saturated carbocycles. The molecule has 0 aliphatic carbocycles. The van der Waals surface area contributed by atoms with E-state index < -0.39 is 22.8 Å². The van der Waals surface area contributed by atoms with Gasteiger partial charge >= 0.3 is 5.97 Å². The van der Waals surface area contributed by atoms with Crippen molar-refractivity contribution in [3.05, 3.63) is 45.4 Å². The number of non-ortho nitro benzene ring substituents is 1. The zero-order valence-electron chi connectivity index (χ0n) is 14.4. The molecule has 1 aromatic rings. The zero-order valence-corrected chi connectivity index (χ0v) is 14.4. The lowest BCUT2D eigenvalue weighted by Gasteiger charge is -2.42. The highest BCUT2D eigenvalue weighted by atomic mass is 16.8. The van der Waals surface area contributed by atoms with Gasteiger partial charge in [0.2, 0.25) is 0 Å². The van der Waals surface area contributed by atoms with E-state index in [2.05, 4.69) is 4.90 Å². The molecule has 1 aromatic carbocycles. The molecule has 1 saturated heterocycles. The first-order valence-electron chi connectivity index (χ1n) is 8.30. The van der Waals surface area contributed by atoms with Crippen molar-refractivity contribution in [2.75, 3.05) is 31.2 Å². The second-order valence-electron chi connectivity index (χ2n) is 6.69. The summed E-state index contributed by atoms with van der Waals surface area (Å²) in [6.45, 7) is 5.65. The van der Waals surface area contributed by atoms with Crippen LogP contribution in [0.3, 0.4) is 0 Å². The number of nitrogens with zero attached hydrogens (tertiary/aromatic N) is 2. The minimum absolute atomic E-state index is 0.0694. The van der Waals surface area contributed by atoms with Crippen molar-refractivity contribution in [2.24, 2.45) is 0 Å². The van der Waals surface area contributed by atoms with Crippen molar-refractivity contribution >= 4 is 17.3 Å². The monoisotopic (exact) mass is 362 g/mol. The fourth-order valence-corrected chi connectivity index (χ4v) is 3.25. The Morgan fingerprint density at radius 2 is 1.96 bits per heavy atom. The van der Waals surface area contributed by atoms with E-state index in [-0.39, 0.29) is 17.2 Å². The Balaban J connectivity index is 1.73. The number of carbonyl (C=O) groups excluding carboxylic acids is 1. The average molecular weight is 362 g/mol. The molecular formula is C17H18N2O7. The van der Waals surface area contributed by atoms with Gasteiger partial charge in [0, 0.05) is 50.3 Å². The van der Waals surface area contributed by atoms with E-state index in [9.17, 15) is 14.9 Å². The Labute approximate surface area is 149 Å². The van der Waals surface area contributed by atoms with Crippen LogP contribution >= 0.6 is 0 Å². The van der Waals surface area contributed by atoms with Crippen molar-refractivity contribution in [1.29, 1.82) is 0 Å². The Morgan fingerprint density at radius 1 is 1.23 bits per heavy atom. The normalized spacial score (nSPS) is 24.0. The predicted octanol–water partition coefficient (Wildman–Crippen LogP) is 2.02. The number of ether oxygens (including phenoxy) is 4. The lowest BCUT2D eigenvalue weighted by atomic mass is 9.95. The molecule has 1 atom stereocenters. The van der Waals surface area contributed by atoms with Crippen molar-refractivity contribution in [2.45, 2.75) is 25.7 Å². The lowest BCUT2D eigenvalue weighted by molar-refractivity contribution is -0.385. The number of benzene rings is 1. The van der Waals surface area contributed by atoms with Gasteiger partial charge in [-0.3, -0.25) is 10.1 Å². The average Bonchev–Trinajstić information content (AvgIpc) is 2.57. The quantitative estimate of drug-likeness (QED) is 0.457. The number of cyclic esters (lactones) is 1. The Hall–Kier alpha value is -2.81. The molecule has 0 bridgehead atoms. The third-order valence-electron chi connectivity index (χ3n) is 4.46. The van der Waals surface area contributed by atoms with E-state index in [1.807, 2.05) is 0 Å². The molecule has 26 heavy (non-hydrogen) atoms. The molecule has 138 valence electrons.